The number of rotatable bonds is 4. The second-order valence-corrected chi connectivity index (χ2v) is 8.48. The van der Waals surface area contributed by atoms with Crippen molar-refractivity contribution in [2.75, 3.05) is 5.32 Å². The number of anilines is 1. The van der Waals surface area contributed by atoms with Crippen LogP contribution in [0.25, 0.3) is 10.2 Å². The molecule has 3 aromatic rings. The highest BCUT2D eigenvalue weighted by molar-refractivity contribution is 7.18. The minimum Gasteiger partial charge on any atom is -0.325 e. The van der Waals surface area contributed by atoms with Crippen molar-refractivity contribution in [1.29, 1.82) is 0 Å². The van der Waals surface area contributed by atoms with Crippen LogP contribution in [-0.2, 0) is 24.2 Å². The number of thiophene rings is 1. The zero-order chi connectivity index (χ0) is 19.0. The Bertz CT molecular complexity index is 1060. The number of aromatic nitrogens is 2. The lowest BCUT2D eigenvalue weighted by Gasteiger charge is -2.11. The van der Waals surface area contributed by atoms with E-state index < -0.39 is 0 Å². The number of carbonyl (C=O) groups is 1. The molecule has 1 aliphatic rings. The first-order valence-corrected chi connectivity index (χ1v) is 10.2. The van der Waals surface area contributed by atoms with E-state index in [1.165, 1.54) is 22.2 Å². The van der Waals surface area contributed by atoms with Crippen LogP contribution >= 0.6 is 11.3 Å². The van der Waals surface area contributed by atoms with Gasteiger partial charge in [-0.25, -0.2) is 4.98 Å². The summed E-state index contributed by atoms with van der Waals surface area (Å²) < 4.78 is 1.42. The molecule has 0 saturated heterocycles. The first-order valence-electron chi connectivity index (χ1n) is 9.42. The van der Waals surface area contributed by atoms with Crippen LogP contribution in [0.1, 0.15) is 48.6 Å². The van der Waals surface area contributed by atoms with Gasteiger partial charge in [0.05, 0.1) is 11.7 Å². The number of benzene rings is 1. The van der Waals surface area contributed by atoms with Gasteiger partial charge in [-0.15, -0.1) is 11.3 Å². The Morgan fingerprint density at radius 1 is 1.30 bits per heavy atom. The van der Waals surface area contributed by atoms with E-state index in [4.69, 9.17) is 0 Å². The van der Waals surface area contributed by atoms with Gasteiger partial charge >= 0.3 is 0 Å². The van der Waals surface area contributed by atoms with E-state index in [2.05, 4.69) is 24.1 Å². The maximum Gasteiger partial charge on any atom is 0.262 e. The maximum atomic E-state index is 12.9. The van der Waals surface area contributed by atoms with Gasteiger partial charge in [0.2, 0.25) is 5.91 Å². The summed E-state index contributed by atoms with van der Waals surface area (Å²) >= 11 is 1.62. The van der Waals surface area contributed by atoms with Gasteiger partial charge in [0.1, 0.15) is 11.4 Å². The van der Waals surface area contributed by atoms with Crippen LogP contribution in [0.5, 0.6) is 0 Å². The molecule has 2 heterocycles. The molecule has 6 heteroatoms. The number of hydrogen-bond acceptors (Lipinski definition) is 4. The minimum absolute atomic E-state index is 0.0295. The summed E-state index contributed by atoms with van der Waals surface area (Å²) in [5.74, 6) is 0.170. The van der Waals surface area contributed by atoms with Gasteiger partial charge in [-0.05, 0) is 54.9 Å². The predicted molar refractivity (Wildman–Crippen MR) is 110 cm³/mol. The van der Waals surface area contributed by atoms with Crippen LogP contribution in [0, 0.1) is 0 Å². The number of hydrogen-bond donors (Lipinski definition) is 1. The molecule has 4 rings (SSSR count). The highest BCUT2D eigenvalue weighted by Gasteiger charge is 2.20. The summed E-state index contributed by atoms with van der Waals surface area (Å²) in [6.45, 7) is 4.20. The molecule has 140 valence electrons. The van der Waals surface area contributed by atoms with Crippen molar-refractivity contribution in [3.63, 3.8) is 0 Å². The third-order valence-electron chi connectivity index (χ3n) is 5.09. The second-order valence-electron chi connectivity index (χ2n) is 7.40. The van der Waals surface area contributed by atoms with Crippen LogP contribution in [0.2, 0.25) is 0 Å². The first kappa shape index (κ1) is 17.9. The summed E-state index contributed by atoms with van der Waals surface area (Å²) in [7, 11) is 0. The van der Waals surface area contributed by atoms with Crippen molar-refractivity contribution in [1.82, 2.24) is 9.55 Å². The molecule has 1 amide bonds. The lowest BCUT2D eigenvalue weighted by molar-refractivity contribution is -0.116. The third-order valence-corrected chi connectivity index (χ3v) is 6.29. The average Bonchev–Trinajstić information content (AvgIpc) is 3.03. The predicted octanol–water partition coefficient (Wildman–Crippen LogP) is 4.10. The fourth-order valence-electron chi connectivity index (χ4n) is 3.62. The molecule has 0 spiro atoms. The molecule has 1 aromatic carbocycles. The van der Waals surface area contributed by atoms with E-state index in [9.17, 15) is 9.59 Å². The van der Waals surface area contributed by atoms with Crippen molar-refractivity contribution in [2.45, 2.75) is 52.0 Å². The molecule has 0 saturated carbocycles. The number of amides is 1. The smallest absolute Gasteiger partial charge is 0.262 e. The molecule has 27 heavy (non-hydrogen) atoms. The molecule has 0 radical (unpaired) electrons. The first-order chi connectivity index (χ1) is 13.0. The Kier molecular flexibility index (Phi) is 4.83. The van der Waals surface area contributed by atoms with E-state index >= 15 is 0 Å². The standard InChI is InChI=1S/C21H23N3O2S/c1-13(2)14-6-5-7-15(10-14)23-18(25)11-24-12-22-20-19(21(24)26)16-8-3-4-9-17(16)27-20/h5-7,10,12-13H,3-4,8-9,11H2,1-2H3,(H,23,25). The second kappa shape index (κ2) is 7.27. The molecule has 0 aliphatic heterocycles. The molecule has 2 aromatic heterocycles. The Labute approximate surface area is 162 Å². The van der Waals surface area contributed by atoms with Crippen LogP contribution in [0.3, 0.4) is 0 Å². The van der Waals surface area contributed by atoms with E-state index in [1.807, 2.05) is 24.3 Å². The summed E-state index contributed by atoms with van der Waals surface area (Å²) in [6.07, 6.45) is 5.75. The van der Waals surface area contributed by atoms with Gasteiger partial charge in [-0.1, -0.05) is 26.0 Å². The van der Waals surface area contributed by atoms with Gasteiger partial charge in [0.15, 0.2) is 0 Å². The molecule has 0 bridgehead atoms. The molecule has 5 nitrogen and oxygen atoms in total. The van der Waals surface area contributed by atoms with E-state index in [0.717, 1.165) is 40.9 Å². The number of aryl methyl sites for hydroxylation is 2. The van der Waals surface area contributed by atoms with E-state index in [-0.39, 0.29) is 18.0 Å². The lowest BCUT2D eigenvalue weighted by atomic mass is 9.97. The van der Waals surface area contributed by atoms with Crippen molar-refractivity contribution < 1.29 is 4.79 Å². The van der Waals surface area contributed by atoms with Crippen LogP contribution in [-0.4, -0.2) is 15.5 Å². The van der Waals surface area contributed by atoms with Crippen molar-refractivity contribution >= 4 is 33.1 Å². The molecular formula is C21H23N3O2S. The summed E-state index contributed by atoms with van der Waals surface area (Å²) in [5, 5.41) is 3.61. The number of carbonyl (C=O) groups excluding carboxylic acids is 1. The lowest BCUT2D eigenvalue weighted by Crippen LogP contribution is -2.28. The van der Waals surface area contributed by atoms with Crippen molar-refractivity contribution in [3.8, 4) is 0 Å². The van der Waals surface area contributed by atoms with Crippen LogP contribution < -0.4 is 10.9 Å². The Morgan fingerprint density at radius 3 is 2.93 bits per heavy atom. The fraction of sp³-hybridized carbons (Fsp3) is 0.381. The molecule has 0 atom stereocenters. The minimum atomic E-state index is -0.219. The maximum absolute atomic E-state index is 12.9. The quantitative estimate of drug-likeness (QED) is 0.740. The SMILES string of the molecule is CC(C)c1cccc(NC(=O)Cn2cnc3sc4c(c3c2=O)CCCC4)c1. The summed E-state index contributed by atoms with van der Waals surface area (Å²) in [5.41, 5.74) is 2.96. The average molecular weight is 382 g/mol. The monoisotopic (exact) mass is 381 g/mol. The van der Waals surface area contributed by atoms with Crippen molar-refractivity contribution in [3.05, 3.63) is 57.0 Å². The number of fused-ring (bicyclic) bond motifs is 3. The Balaban J connectivity index is 1.58. The molecule has 0 fully saturated rings. The van der Waals surface area contributed by atoms with Crippen LogP contribution in [0.4, 0.5) is 5.69 Å². The van der Waals surface area contributed by atoms with Gasteiger partial charge in [0.25, 0.3) is 5.56 Å². The normalized spacial score (nSPS) is 13.7. The van der Waals surface area contributed by atoms with Crippen molar-refractivity contribution in [2.24, 2.45) is 0 Å². The number of nitrogens with zero attached hydrogens (tertiary/aromatic N) is 2. The highest BCUT2D eigenvalue weighted by atomic mass is 32.1. The molecule has 0 unspecified atom stereocenters. The van der Waals surface area contributed by atoms with Gasteiger partial charge in [0, 0.05) is 10.6 Å². The van der Waals surface area contributed by atoms with Crippen LogP contribution in [0.15, 0.2) is 35.4 Å². The Morgan fingerprint density at radius 2 is 2.11 bits per heavy atom. The van der Waals surface area contributed by atoms with E-state index in [1.54, 1.807) is 11.3 Å². The molecule has 1 aliphatic carbocycles. The largest absolute Gasteiger partial charge is 0.325 e. The topological polar surface area (TPSA) is 64.0 Å². The Hall–Kier alpha value is -2.47. The zero-order valence-corrected chi connectivity index (χ0v) is 16.4. The highest BCUT2D eigenvalue weighted by Crippen LogP contribution is 2.33. The number of nitrogens with one attached hydrogen (secondary N) is 1. The third kappa shape index (κ3) is 3.54. The molecule has 1 N–H and O–H groups in total. The van der Waals surface area contributed by atoms with Gasteiger partial charge < -0.3 is 5.32 Å². The molecular weight excluding hydrogens is 358 g/mol. The van der Waals surface area contributed by atoms with E-state index in [0.29, 0.717) is 11.3 Å². The zero-order valence-electron chi connectivity index (χ0n) is 15.6. The van der Waals surface area contributed by atoms with Gasteiger partial charge in [-0.3, -0.25) is 14.2 Å². The summed E-state index contributed by atoms with van der Waals surface area (Å²) in [4.78, 5) is 32.0. The summed E-state index contributed by atoms with van der Waals surface area (Å²) in [6, 6.07) is 7.82. The van der Waals surface area contributed by atoms with Gasteiger partial charge in [-0.2, -0.15) is 0 Å². The fourth-order valence-corrected chi connectivity index (χ4v) is 4.84.